The van der Waals surface area contributed by atoms with Crippen LogP contribution >= 0.6 is 38.9 Å². The highest BCUT2D eigenvalue weighted by molar-refractivity contribution is 9.10. The first kappa shape index (κ1) is 15.5. The minimum atomic E-state index is -0.320. The lowest BCUT2D eigenvalue weighted by Crippen LogP contribution is -2.03. The third kappa shape index (κ3) is 3.02. The van der Waals surface area contributed by atoms with Crippen molar-refractivity contribution in [2.75, 3.05) is 6.61 Å². The number of fused-ring (bicyclic) bond motifs is 1. The van der Waals surface area contributed by atoms with Crippen molar-refractivity contribution in [3.05, 3.63) is 51.5 Å². The fourth-order valence-electron chi connectivity index (χ4n) is 2.04. The quantitative estimate of drug-likeness (QED) is 0.544. The Hall–Kier alpha value is -1.43. The van der Waals surface area contributed by atoms with E-state index in [2.05, 4.69) is 20.9 Å². The largest absolute Gasteiger partial charge is 0.462 e. The van der Waals surface area contributed by atoms with Gasteiger partial charge in [0.15, 0.2) is 0 Å². The van der Waals surface area contributed by atoms with Gasteiger partial charge < -0.3 is 4.74 Å². The number of halogens is 2. The number of ether oxygens (including phenoxy) is 1. The van der Waals surface area contributed by atoms with E-state index in [4.69, 9.17) is 16.3 Å². The van der Waals surface area contributed by atoms with Gasteiger partial charge in [0.05, 0.1) is 27.4 Å². The van der Waals surface area contributed by atoms with Gasteiger partial charge in [0.1, 0.15) is 5.01 Å². The van der Waals surface area contributed by atoms with E-state index in [-0.39, 0.29) is 5.97 Å². The van der Waals surface area contributed by atoms with Gasteiger partial charge in [0.25, 0.3) is 0 Å². The summed E-state index contributed by atoms with van der Waals surface area (Å²) in [7, 11) is 0. The summed E-state index contributed by atoms with van der Waals surface area (Å²) in [6.45, 7) is 2.15. The maximum atomic E-state index is 11.8. The first-order valence-corrected chi connectivity index (χ1v) is 8.60. The SMILES string of the molecule is CCOC(=O)c1ccc2nc(-c3cc(Br)ccc3Cl)sc2c1. The molecule has 22 heavy (non-hydrogen) atoms. The molecule has 0 aliphatic rings. The topological polar surface area (TPSA) is 39.2 Å². The van der Waals surface area contributed by atoms with Gasteiger partial charge in [-0.05, 0) is 43.3 Å². The Labute approximate surface area is 145 Å². The van der Waals surface area contributed by atoms with E-state index >= 15 is 0 Å². The Morgan fingerprint density at radius 1 is 1.32 bits per heavy atom. The Morgan fingerprint density at radius 3 is 2.91 bits per heavy atom. The molecule has 0 radical (unpaired) electrons. The summed E-state index contributed by atoms with van der Waals surface area (Å²) in [4.78, 5) is 16.4. The predicted octanol–water partition coefficient (Wildman–Crippen LogP) is 5.56. The monoisotopic (exact) mass is 395 g/mol. The number of carbonyl (C=O) groups is 1. The molecule has 0 spiro atoms. The van der Waals surface area contributed by atoms with Crippen LogP contribution in [0.5, 0.6) is 0 Å². The van der Waals surface area contributed by atoms with E-state index in [0.29, 0.717) is 17.2 Å². The van der Waals surface area contributed by atoms with Gasteiger partial charge in [-0.3, -0.25) is 0 Å². The summed E-state index contributed by atoms with van der Waals surface area (Å²) in [5, 5.41) is 1.47. The van der Waals surface area contributed by atoms with Gasteiger partial charge in [-0.15, -0.1) is 11.3 Å². The van der Waals surface area contributed by atoms with Crippen LogP contribution in [0.25, 0.3) is 20.8 Å². The molecule has 3 aromatic rings. The van der Waals surface area contributed by atoms with Crippen LogP contribution < -0.4 is 0 Å². The number of rotatable bonds is 3. The molecule has 3 rings (SSSR count). The summed E-state index contributed by atoms with van der Waals surface area (Å²) in [5.74, 6) is -0.320. The lowest BCUT2D eigenvalue weighted by atomic mass is 10.2. The molecule has 0 N–H and O–H groups in total. The Balaban J connectivity index is 2.06. The highest BCUT2D eigenvalue weighted by Crippen LogP contribution is 2.36. The smallest absolute Gasteiger partial charge is 0.338 e. The Kier molecular flexibility index (Phi) is 4.47. The number of aromatic nitrogens is 1. The first-order valence-electron chi connectivity index (χ1n) is 6.61. The second kappa shape index (κ2) is 6.36. The molecular weight excluding hydrogens is 386 g/mol. The molecule has 0 aliphatic heterocycles. The van der Waals surface area contributed by atoms with E-state index in [1.807, 2.05) is 24.3 Å². The highest BCUT2D eigenvalue weighted by Gasteiger charge is 2.13. The Morgan fingerprint density at radius 2 is 2.14 bits per heavy atom. The molecule has 0 fully saturated rings. The molecule has 1 heterocycles. The molecule has 0 saturated carbocycles. The predicted molar refractivity (Wildman–Crippen MR) is 93.7 cm³/mol. The number of esters is 1. The molecule has 0 bridgehead atoms. The van der Waals surface area contributed by atoms with Crippen LogP contribution in [0.3, 0.4) is 0 Å². The molecule has 0 aliphatic carbocycles. The zero-order valence-corrected chi connectivity index (χ0v) is 14.8. The summed E-state index contributed by atoms with van der Waals surface area (Å²) >= 11 is 11.2. The van der Waals surface area contributed by atoms with Crippen LogP contribution in [0.15, 0.2) is 40.9 Å². The molecule has 1 aromatic heterocycles. The maximum absolute atomic E-state index is 11.8. The van der Waals surface area contributed by atoms with Crippen molar-refractivity contribution in [3.8, 4) is 10.6 Å². The molecule has 6 heteroatoms. The summed E-state index contributed by atoms with van der Waals surface area (Å²) in [5.41, 5.74) is 2.24. The van der Waals surface area contributed by atoms with Gasteiger partial charge in [-0.1, -0.05) is 27.5 Å². The molecule has 112 valence electrons. The zero-order valence-electron chi connectivity index (χ0n) is 11.6. The number of thiazole rings is 1. The molecule has 0 atom stereocenters. The number of hydrogen-bond donors (Lipinski definition) is 0. The van der Waals surface area contributed by atoms with Crippen molar-refractivity contribution in [2.45, 2.75) is 6.92 Å². The molecule has 0 saturated heterocycles. The van der Waals surface area contributed by atoms with Crippen LogP contribution in [-0.4, -0.2) is 17.6 Å². The third-order valence-corrected chi connectivity index (χ3v) is 4.93. The van der Waals surface area contributed by atoms with Gasteiger partial charge in [0, 0.05) is 10.0 Å². The van der Waals surface area contributed by atoms with E-state index in [0.717, 1.165) is 25.3 Å². The van der Waals surface area contributed by atoms with Crippen LogP contribution in [0.4, 0.5) is 0 Å². The van der Waals surface area contributed by atoms with Crippen molar-refractivity contribution >= 4 is 55.1 Å². The molecule has 2 aromatic carbocycles. The fraction of sp³-hybridized carbons (Fsp3) is 0.125. The fourth-order valence-corrected chi connectivity index (χ4v) is 3.70. The average Bonchev–Trinajstić information content (AvgIpc) is 2.92. The number of nitrogens with zero attached hydrogens (tertiary/aromatic N) is 1. The normalized spacial score (nSPS) is 10.9. The summed E-state index contributed by atoms with van der Waals surface area (Å²) < 4.78 is 6.89. The van der Waals surface area contributed by atoms with Crippen molar-refractivity contribution in [3.63, 3.8) is 0 Å². The van der Waals surface area contributed by atoms with Crippen molar-refractivity contribution < 1.29 is 9.53 Å². The van der Waals surface area contributed by atoms with Crippen LogP contribution in [0.2, 0.25) is 5.02 Å². The van der Waals surface area contributed by atoms with E-state index in [9.17, 15) is 4.79 Å². The molecule has 0 amide bonds. The minimum Gasteiger partial charge on any atom is -0.462 e. The van der Waals surface area contributed by atoms with E-state index in [1.165, 1.54) is 11.3 Å². The summed E-state index contributed by atoms with van der Waals surface area (Å²) in [6, 6.07) is 11.0. The van der Waals surface area contributed by atoms with Crippen molar-refractivity contribution in [1.29, 1.82) is 0 Å². The number of hydrogen-bond acceptors (Lipinski definition) is 4. The first-order chi connectivity index (χ1) is 10.6. The molecule has 0 unspecified atom stereocenters. The standard InChI is InChI=1S/C16H11BrClNO2S/c1-2-21-16(20)9-3-6-13-14(7-9)22-15(19-13)11-8-10(17)4-5-12(11)18/h3-8H,2H2,1H3. The van der Waals surface area contributed by atoms with Crippen LogP contribution in [0.1, 0.15) is 17.3 Å². The average molecular weight is 397 g/mol. The number of carbonyl (C=O) groups excluding carboxylic acids is 1. The lowest BCUT2D eigenvalue weighted by molar-refractivity contribution is 0.0526. The summed E-state index contributed by atoms with van der Waals surface area (Å²) in [6.07, 6.45) is 0. The van der Waals surface area contributed by atoms with Crippen LogP contribution in [-0.2, 0) is 4.74 Å². The second-order valence-corrected chi connectivity index (χ2v) is 6.90. The highest BCUT2D eigenvalue weighted by atomic mass is 79.9. The second-order valence-electron chi connectivity index (χ2n) is 4.55. The minimum absolute atomic E-state index is 0.320. The number of benzene rings is 2. The maximum Gasteiger partial charge on any atom is 0.338 e. The molecule has 3 nitrogen and oxygen atoms in total. The van der Waals surface area contributed by atoms with Gasteiger partial charge in [-0.2, -0.15) is 0 Å². The third-order valence-electron chi connectivity index (χ3n) is 3.06. The Bertz CT molecular complexity index is 862. The van der Waals surface area contributed by atoms with Gasteiger partial charge in [-0.25, -0.2) is 9.78 Å². The molecular formula is C16H11BrClNO2S. The van der Waals surface area contributed by atoms with Crippen molar-refractivity contribution in [2.24, 2.45) is 0 Å². The van der Waals surface area contributed by atoms with Gasteiger partial charge in [0.2, 0.25) is 0 Å². The van der Waals surface area contributed by atoms with E-state index < -0.39 is 0 Å². The zero-order chi connectivity index (χ0) is 15.7. The van der Waals surface area contributed by atoms with Gasteiger partial charge >= 0.3 is 5.97 Å². The van der Waals surface area contributed by atoms with Crippen LogP contribution in [0, 0.1) is 0 Å². The van der Waals surface area contributed by atoms with Crippen molar-refractivity contribution in [1.82, 2.24) is 4.98 Å². The lowest BCUT2D eigenvalue weighted by Gasteiger charge is -2.00. The van der Waals surface area contributed by atoms with E-state index in [1.54, 1.807) is 19.1 Å².